The van der Waals surface area contributed by atoms with E-state index in [2.05, 4.69) is 16.7 Å². The first-order valence-electron chi connectivity index (χ1n) is 5.89. The summed E-state index contributed by atoms with van der Waals surface area (Å²) in [5.74, 6) is 1.53. The van der Waals surface area contributed by atoms with Crippen LogP contribution in [0.25, 0.3) is 0 Å². The molecule has 4 heteroatoms. The number of piperidine rings is 1. The molecular formula is C13H15N3S. The highest BCUT2D eigenvalue weighted by molar-refractivity contribution is 7.98. The molecule has 1 aromatic carbocycles. The Hall–Kier alpha value is -1.18. The maximum absolute atomic E-state index is 9.25. The Kier molecular flexibility index (Phi) is 2.73. The van der Waals surface area contributed by atoms with Gasteiger partial charge in [0.1, 0.15) is 6.07 Å². The summed E-state index contributed by atoms with van der Waals surface area (Å²) in [6.07, 6.45) is 2.01. The molecule has 3 nitrogen and oxygen atoms in total. The van der Waals surface area contributed by atoms with Gasteiger partial charge in [0.25, 0.3) is 0 Å². The third-order valence-corrected chi connectivity index (χ3v) is 4.55. The first-order chi connectivity index (χ1) is 8.35. The quantitative estimate of drug-likeness (QED) is 0.799. The van der Waals surface area contributed by atoms with Crippen molar-refractivity contribution in [3.63, 3.8) is 0 Å². The van der Waals surface area contributed by atoms with E-state index in [9.17, 15) is 5.26 Å². The van der Waals surface area contributed by atoms with Gasteiger partial charge in [-0.2, -0.15) is 5.26 Å². The first-order valence-corrected chi connectivity index (χ1v) is 7.12. The zero-order valence-electron chi connectivity index (χ0n) is 9.73. The molecule has 1 heterocycles. The van der Waals surface area contributed by atoms with E-state index in [1.807, 2.05) is 24.5 Å². The van der Waals surface area contributed by atoms with Crippen LogP contribution in [-0.4, -0.2) is 25.4 Å². The van der Waals surface area contributed by atoms with E-state index in [1.165, 1.54) is 0 Å². The van der Waals surface area contributed by atoms with Gasteiger partial charge in [-0.15, -0.1) is 11.8 Å². The van der Waals surface area contributed by atoms with Gasteiger partial charge < -0.3 is 10.6 Å². The van der Waals surface area contributed by atoms with Gasteiger partial charge in [-0.3, -0.25) is 0 Å². The summed E-state index contributed by atoms with van der Waals surface area (Å²) < 4.78 is 0. The minimum atomic E-state index is 0.570. The number of nitriles is 1. The molecule has 0 aromatic heterocycles. The molecule has 0 bridgehead atoms. The molecule has 2 fully saturated rings. The van der Waals surface area contributed by atoms with Crippen molar-refractivity contribution in [2.24, 2.45) is 11.8 Å². The van der Waals surface area contributed by atoms with Crippen molar-refractivity contribution in [1.82, 2.24) is 5.32 Å². The van der Waals surface area contributed by atoms with Crippen LogP contribution in [-0.2, 0) is 0 Å². The number of nitrogens with one attached hydrogen (secondary N) is 2. The van der Waals surface area contributed by atoms with E-state index in [-0.39, 0.29) is 0 Å². The van der Waals surface area contributed by atoms with Crippen LogP contribution in [0.15, 0.2) is 23.1 Å². The SMILES string of the molecule is CSc1cccc(NC2C3CNCC32)c1C#N. The Morgan fingerprint density at radius 3 is 2.82 bits per heavy atom. The summed E-state index contributed by atoms with van der Waals surface area (Å²) in [6, 6.07) is 8.92. The van der Waals surface area contributed by atoms with Crippen molar-refractivity contribution in [2.75, 3.05) is 24.7 Å². The molecule has 3 rings (SSSR count). The van der Waals surface area contributed by atoms with Crippen molar-refractivity contribution in [3.05, 3.63) is 23.8 Å². The lowest BCUT2D eigenvalue weighted by Gasteiger charge is -2.12. The molecule has 17 heavy (non-hydrogen) atoms. The van der Waals surface area contributed by atoms with Crippen LogP contribution >= 0.6 is 11.8 Å². The van der Waals surface area contributed by atoms with Gasteiger partial charge in [-0.05, 0) is 30.2 Å². The van der Waals surface area contributed by atoms with E-state index >= 15 is 0 Å². The Morgan fingerprint density at radius 1 is 1.41 bits per heavy atom. The van der Waals surface area contributed by atoms with Crippen LogP contribution in [0.5, 0.6) is 0 Å². The molecule has 1 aliphatic heterocycles. The lowest BCUT2D eigenvalue weighted by molar-refractivity contribution is 0.697. The maximum Gasteiger partial charge on any atom is 0.102 e. The van der Waals surface area contributed by atoms with Gasteiger partial charge in [0.15, 0.2) is 0 Å². The number of benzene rings is 1. The monoisotopic (exact) mass is 245 g/mol. The van der Waals surface area contributed by atoms with Gasteiger partial charge in [0, 0.05) is 24.0 Å². The number of thioether (sulfide) groups is 1. The fraction of sp³-hybridized carbons (Fsp3) is 0.462. The van der Waals surface area contributed by atoms with Crippen LogP contribution in [0.3, 0.4) is 0 Å². The topological polar surface area (TPSA) is 47.8 Å². The lowest BCUT2D eigenvalue weighted by atomic mass is 10.2. The molecule has 0 radical (unpaired) electrons. The highest BCUT2D eigenvalue weighted by Gasteiger charge is 2.53. The molecule has 1 saturated heterocycles. The minimum absolute atomic E-state index is 0.570. The van der Waals surface area contributed by atoms with Crippen LogP contribution in [0, 0.1) is 23.2 Å². The fourth-order valence-electron chi connectivity index (χ4n) is 2.75. The van der Waals surface area contributed by atoms with E-state index in [0.29, 0.717) is 6.04 Å². The highest BCUT2D eigenvalue weighted by atomic mass is 32.2. The second kappa shape index (κ2) is 4.25. The van der Waals surface area contributed by atoms with Crippen LogP contribution < -0.4 is 10.6 Å². The molecule has 88 valence electrons. The molecule has 0 amide bonds. The third kappa shape index (κ3) is 1.80. The molecular weight excluding hydrogens is 230 g/mol. The average Bonchev–Trinajstić information content (AvgIpc) is 2.80. The number of hydrogen-bond donors (Lipinski definition) is 2. The van der Waals surface area contributed by atoms with Crippen molar-refractivity contribution < 1.29 is 0 Å². The van der Waals surface area contributed by atoms with Gasteiger partial charge in [-0.25, -0.2) is 0 Å². The summed E-state index contributed by atoms with van der Waals surface area (Å²) >= 11 is 1.63. The molecule has 2 unspecified atom stereocenters. The fourth-order valence-corrected chi connectivity index (χ4v) is 3.32. The van der Waals surface area contributed by atoms with E-state index in [1.54, 1.807) is 11.8 Å². The highest BCUT2D eigenvalue weighted by Crippen LogP contribution is 2.44. The second-order valence-electron chi connectivity index (χ2n) is 4.65. The van der Waals surface area contributed by atoms with Crippen LogP contribution in [0.1, 0.15) is 5.56 Å². The number of rotatable bonds is 3. The molecule has 0 spiro atoms. The Bertz CT molecular complexity index is 470. The summed E-state index contributed by atoms with van der Waals surface area (Å²) in [5.41, 5.74) is 1.79. The van der Waals surface area contributed by atoms with E-state index < -0.39 is 0 Å². The van der Waals surface area contributed by atoms with Crippen molar-refractivity contribution in [2.45, 2.75) is 10.9 Å². The standard InChI is InChI=1S/C13H15N3S/c1-17-12-4-2-3-11(8(12)5-14)16-13-9-6-15-7-10(9)13/h2-4,9-10,13,15-16H,6-7H2,1H3. The summed E-state index contributed by atoms with van der Waals surface area (Å²) in [5, 5.41) is 16.2. The molecule has 2 atom stereocenters. The zero-order chi connectivity index (χ0) is 11.8. The van der Waals surface area contributed by atoms with Gasteiger partial charge >= 0.3 is 0 Å². The summed E-state index contributed by atoms with van der Waals surface area (Å²) in [7, 11) is 0. The number of fused-ring (bicyclic) bond motifs is 1. The molecule has 2 aliphatic rings. The van der Waals surface area contributed by atoms with Gasteiger partial charge in [-0.1, -0.05) is 6.07 Å². The second-order valence-corrected chi connectivity index (χ2v) is 5.50. The summed E-state index contributed by atoms with van der Waals surface area (Å²) in [6.45, 7) is 2.23. The average molecular weight is 245 g/mol. The van der Waals surface area contributed by atoms with Gasteiger partial charge in [0.05, 0.1) is 11.3 Å². The predicted molar refractivity (Wildman–Crippen MR) is 70.2 cm³/mol. The van der Waals surface area contributed by atoms with Crippen molar-refractivity contribution in [3.8, 4) is 6.07 Å². The summed E-state index contributed by atoms with van der Waals surface area (Å²) in [4.78, 5) is 1.06. The predicted octanol–water partition coefficient (Wildman–Crippen LogP) is 1.91. The largest absolute Gasteiger partial charge is 0.381 e. The Morgan fingerprint density at radius 2 is 2.18 bits per heavy atom. The third-order valence-electron chi connectivity index (χ3n) is 3.77. The number of anilines is 1. The van der Waals surface area contributed by atoms with Crippen LogP contribution in [0.4, 0.5) is 5.69 Å². The zero-order valence-corrected chi connectivity index (χ0v) is 10.6. The number of hydrogen-bond acceptors (Lipinski definition) is 4. The molecule has 1 saturated carbocycles. The van der Waals surface area contributed by atoms with Crippen LogP contribution in [0.2, 0.25) is 0 Å². The molecule has 2 N–H and O–H groups in total. The van der Waals surface area contributed by atoms with Crippen molar-refractivity contribution >= 4 is 17.4 Å². The van der Waals surface area contributed by atoms with Gasteiger partial charge in [0.2, 0.25) is 0 Å². The Balaban J connectivity index is 1.81. The normalized spacial score (nSPS) is 29.5. The Labute approximate surface area is 106 Å². The molecule has 1 aliphatic carbocycles. The van der Waals surface area contributed by atoms with Crippen molar-refractivity contribution in [1.29, 1.82) is 5.26 Å². The number of nitrogens with zero attached hydrogens (tertiary/aromatic N) is 1. The smallest absolute Gasteiger partial charge is 0.102 e. The maximum atomic E-state index is 9.25. The van der Waals surface area contributed by atoms with E-state index in [0.717, 1.165) is 41.1 Å². The minimum Gasteiger partial charge on any atom is -0.381 e. The molecule has 1 aromatic rings. The lowest BCUT2D eigenvalue weighted by Crippen LogP contribution is -2.21. The van der Waals surface area contributed by atoms with E-state index in [4.69, 9.17) is 0 Å². The first kappa shape index (κ1) is 10.9.